The van der Waals surface area contributed by atoms with Gasteiger partial charge in [0.05, 0.1) is 17.7 Å². The molecule has 0 saturated heterocycles. The number of hydrogen-bond donors (Lipinski definition) is 0. The van der Waals surface area contributed by atoms with Crippen LogP contribution in [0.25, 0.3) is 0 Å². The molecular formula is C28H34FNO3. The van der Waals surface area contributed by atoms with Gasteiger partial charge in [0.25, 0.3) is 0 Å². The summed E-state index contributed by atoms with van der Waals surface area (Å²) >= 11 is 0. The van der Waals surface area contributed by atoms with Crippen molar-refractivity contribution >= 4 is 5.97 Å². The maximum Gasteiger partial charge on any atom is 0.343 e. The van der Waals surface area contributed by atoms with Crippen molar-refractivity contribution in [3.8, 4) is 17.6 Å². The third kappa shape index (κ3) is 7.89. The highest BCUT2D eigenvalue weighted by Crippen LogP contribution is 2.32. The molecule has 1 saturated carbocycles. The Morgan fingerprint density at radius 1 is 0.970 bits per heavy atom. The molecule has 4 nitrogen and oxygen atoms in total. The number of carbonyl (C=O) groups excluding carboxylic acids is 1. The first-order chi connectivity index (χ1) is 16.1. The number of halogens is 1. The van der Waals surface area contributed by atoms with Crippen molar-refractivity contribution in [2.75, 3.05) is 6.61 Å². The van der Waals surface area contributed by atoms with E-state index in [1.807, 2.05) is 0 Å². The lowest BCUT2D eigenvalue weighted by molar-refractivity contribution is 0.0734. The molecule has 2 aromatic rings. The summed E-state index contributed by atoms with van der Waals surface area (Å²) in [6, 6.07) is 12.3. The molecule has 5 heteroatoms. The number of benzene rings is 2. The summed E-state index contributed by atoms with van der Waals surface area (Å²) in [7, 11) is 0. The molecule has 0 bridgehead atoms. The number of esters is 1. The highest BCUT2D eigenvalue weighted by molar-refractivity contribution is 5.91. The molecule has 1 fully saturated rings. The lowest BCUT2D eigenvalue weighted by Gasteiger charge is -2.28. The molecule has 0 atom stereocenters. The van der Waals surface area contributed by atoms with Crippen LogP contribution in [-0.2, 0) is 0 Å². The summed E-state index contributed by atoms with van der Waals surface area (Å²) in [5.74, 6) is 0.976. The number of unbranched alkanes of at least 4 members (excludes halogenated alkanes) is 4. The molecule has 1 aliphatic carbocycles. The average molecular weight is 452 g/mol. The van der Waals surface area contributed by atoms with E-state index in [4.69, 9.17) is 14.7 Å². The molecule has 33 heavy (non-hydrogen) atoms. The van der Waals surface area contributed by atoms with Crippen LogP contribution in [0, 0.1) is 29.0 Å². The zero-order chi connectivity index (χ0) is 23.5. The van der Waals surface area contributed by atoms with Crippen LogP contribution in [-0.4, -0.2) is 12.6 Å². The predicted molar refractivity (Wildman–Crippen MR) is 127 cm³/mol. The summed E-state index contributed by atoms with van der Waals surface area (Å²) in [6.07, 6.45) is 13.3. The molecule has 0 amide bonds. The average Bonchev–Trinajstić information content (AvgIpc) is 2.84. The monoisotopic (exact) mass is 451 g/mol. The molecule has 0 radical (unpaired) electrons. The standard InChI is InChI=1S/C28H34FNO3/c1-2-3-4-5-6-7-21-8-10-22(11-9-21)20-32-25-15-12-23(13-16-25)28(31)33-26-17-14-24(19-30)27(29)18-26/h12-18,21-22H,2-11,20H2,1H3. The van der Waals surface area contributed by atoms with Crippen LogP contribution in [0.15, 0.2) is 42.5 Å². The van der Waals surface area contributed by atoms with Gasteiger partial charge in [-0.3, -0.25) is 0 Å². The Morgan fingerprint density at radius 3 is 2.30 bits per heavy atom. The number of ether oxygens (including phenoxy) is 2. The second-order valence-electron chi connectivity index (χ2n) is 9.07. The summed E-state index contributed by atoms with van der Waals surface area (Å²) in [5.41, 5.74) is 0.263. The molecule has 1 aliphatic rings. The lowest BCUT2D eigenvalue weighted by Crippen LogP contribution is -2.20. The molecule has 176 valence electrons. The Kier molecular flexibility index (Phi) is 9.75. The van der Waals surface area contributed by atoms with Gasteiger partial charge in [-0.05, 0) is 61.1 Å². The molecule has 2 aromatic carbocycles. The van der Waals surface area contributed by atoms with E-state index in [0.29, 0.717) is 18.1 Å². The minimum Gasteiger partial charge on any atom is -0.493 e. The molecule has 0 N–H and O–H groups in total. The minimum absolute atomic E-state index is 0.0633. The van der Waals surface area contributed by atoms with Crippen molar-refractivity contribution in [2.24, 2.45) is 11.8 Å². The van der Waals surface area contributed by atoms with E-state index in [0.717, 1.165) is 17.7 Å². The summed E-state index contributed by atoms with van der Waals surface area (Å²) in [4.78, 5) is 12.3. The fourth-order valence-corrected chi connectivity index (χ4v) is 4.44. The molecule has 0 aromatic heterocycles. The lowest BCUT2D eigenvalue weighted by atomic mass is 9.80. The van der Waals surface area contributed by atoms with Gasteiger partial charge < -0.3 is 9.47 Å². The zero-order valence-electron chi connectivity index (χ0n) is 19.5. The first kappa shape index (κ1) is 24.8. The van der Waals surface area contributed by atoms with Gasteiger partial charge >= 0.3 is 5.97 Å². The van der Waals surface area contributed by atoms with Crippen molar-refractivity contribution in [1.82, 2.24) is 0 Å². The Bertz CT molecular complexity index is 927. The van der Waals surface area contributed by atoms with Gasteiger partial charge in [-0.15, -0.1) is 0 Å². The van der Waals surface area contributed by atoms with Crippen molar-refractivity contribution < 1.29 is 18.7 Å². The Balaban J connectivity index is 1.38. The number of hydrogen-bond acceptors (Lipinski definition) is 4. The van der Waals surface area contributed by atoms with E-state index in [9.17, 15) is 9.18 Å². The highest BCUT2D eigenvalue weighted by atomic mass is 19.1. The maximum absolute atomic E-state index is 13.7. The van der Waals surface area contributed by atoms with Crippen LogP contribution in [0.3, 0.4) is 0 Å². The molecule has 3 rings (SSSR count). The second kappa shape index (κ2) is 13.0. The fraction of sp³-hybridized carbons (Fsp3) is 0.500. The molecule has 0 aliphatic heterocycles. The quantitative estimate of drug-likeness (QED) is 0.202. The number of carbonyl (C=O) groups is 1. The van der Waals surface area contributed by atoms with Crippen molar-refractivity contribution in [3.05, 3.63) is 59.4 Å². The maximum atomic E-state index is 13.7. The Labute approximate surface area is 196 Å². The number of nitriles is 1. The van der Waals surface area contributed by atoms with Gasteiger partial charge in [0, 0.05) is 6.07 Å². The predicted octanol–water partition coefficient (Wildman–Crippen LogP) is 7.46. The van der Waals surface area contributed by atoms with E-state index in [1.165, 1.54) is 76.3 Å². The van der Waals surface area contributed by atoms with Crippen molar-refractivity contribution in [1.29, 1.82) is 5.26 Å². The van der Waals surface area contributed by atoms with Crippen LogP contribution < -0.4 is 9.47 Å². The van der Waals surface area contributed by atoms with Gasteiger partial charge in [0.15, 0.2) is 0 Å². The van der Waals surface area contributed by atoms with Crippen LogP contribution >= 0.6 is 0 Å². The first-order valence-corrected chi connectivity index (χ1v) is 12.2. The van der Waals surface area contributed by atoms with Gasteiger partial charge in [-0.25, -0.2) is 9.18 Å². The van der Waals surface area contributed by atoms with Crippen molar-refractivity contribution in [2.45, 2.75) is 71.1 Å². The third-order valence-corrected chi connectivity index (χ3v) is 6.53. The van der Waals surface area contributed by atoms with E-state index in [1.54, 1.807) is 30.3 Å². The van der Waals surface area contributed by atoms with Crippen LogP contribution in [0.2, 0.25) is 0 Å². The third-order valence-electron chi connectivity index (χ3n) is 6.53. The van der Waals surface area contributed by atoms with Crippen LogP contribution in [0.5, 0.6) is 11.5 Å². The largest absolute Gasteiger partial charge is 0.493 e. The first-order valence-electron chi connectivity index (χ1n) is 12.2. The topological polar surface area (TPSA) is 59.3 Å². The zero-order valence-corrected chi connectivity index (χ0v) is 19.5. The van der Waals surface area contributed by atoms with Gasteiger partial charge in [0.2, 0.25) is 0 Å². The Morgan fingerprint density at radius 2 is 1.64 bits per heavy atom. The summed E-state index contributed by atoms with van der Waals surface area (Å²) in [6.45, 7) is 2.96. The molecule has 0 heterocycles. The van der Waals surface area contributed by atoms with E-state index < -0.39 is 11.8 Å². The normalized spacial score (nSPS) is 17.8. The summed E-state index contributed by atoms with van der Waals surface area (Å²) in [5, 5.41) is 8.78. The van der Waals surface area contributed by atoms with E-state index in [2.05, 4.69) is 6.92 Å². The number of nitrogens with zero attached hydrogens (tertiary/aromatic N) is 1. The van der Waals surface area contributed by atoms with E-state index in [-0.39, 0.29) is 11.3 Å². The van der Waals surface area contributed by atoms with Gasteiger partial charge in [-0.2, -0.15) is 5.26 Å². The van der Waals surface area contributed by atoms with Crippen molar-refractivity contribution in [3.63, 3.8) is 0 Å². The smallest absolute Gasteiger partial charge is 0.343 e. The van der Waals surface area contributed by atoms with Gasteiger partial charge in [0.1, 0.15) is 23.4 Å². The van der Waals surface area contributed by atoms with Gasteiger partial charge in [-0.1, -0.05) is 58.3 Å². The van der Waals surface area contributed by atoms with Crippen LogP contribution in [0.4, 0.5) is 4.39 Å². The number of rotatable bonds is 11. The molecule has 0 unspecified atom stereocenters. The Hall–Kier alpha value is -2.87. The molecule has 0 spiro atoms. The minimum atomic E-state index is -0.715. The fourth-order valence-electron chi connectivity index (χ4n) is 4.44. The SMILES string of the molecule is CCCCCCCC1CCC(COc2ccc(C(=O)Oc3ccc(C#N)c(F)c3)cc2)CC1. The molecular weight excluding hydrogens is 417 g/mol. The van der Waals surface area contributed by atoms with E-state index >= 15 is 0 Å². The highest BCUT2D eigenvalue weighted by Gasteiger charge is 2.21. The van der Waals surface area contributed by atoms with Crippen LogP contribution in [0.1, 0.15) is 87.1 Å². The second-order valence-corrected chi connectivity index (χ2v) is 9.07. The summed E-state index contributed by atoms with van der Waals surface area (Å²) < 4.78 is 24.9.